The van der Waals surface area contributed by atoms with E-state index in [9.17, 15) is 4.79 Å². The van der Waals surface area contributed by atoms with Gasteiger partial charge in [0, 0.05) is 25.1 Å². The number of nitrogen functional groups attached to an aromatic ring is 1. The molecule has 2 aromatic rings. The first-order chi connectivity index (χ1) is 10.6. The molecule has 1 saturated heterocycles. The lowest BCUT2D eigenvalue weighted by atomic mass is 9.93. The second-order valence-corrected chi connectivity index (χ2v) is 5.91. The minimum Gasteiger partial charge on any atom is -0.368 e. The number of hydrogen-bond donors (Lipinski definition) is 1. The van der Waals surface area contributed by atoms with Crippen LogP contribution in [-0.2, 0) is 11.2 Å². The molecule has 1 aliphatic rings. The molecule has 1 amide bonds. The van der Waals surface area contributed by atoms with Crippen LogP contribution in [-0.4, -0.2) is 29.1 Å². The van der Waals surface area contributed by atoms with Gasteiger partial charge in [0.15, 0.2) is 0 Å². The molecule has 0 radical (unpaired) electrons. The maximum Gasteiger partial charge on any atom is 0.226 e. The summed E-state index contributed by atoms with van der Waals surface area (Å²) in [5.41, 5.74) is 8.75. The smallest absolute Gasteiger partial charge is 0.226 e. The van der Waals surface area contributed by atoms with Crippen LogP contribution in [0.1, 0.15) is 35.6 Å². The second-order valence-electron chi connectivity index (χ2n) is 5.91. The van der Waals surface area contributed by atoms with Crippen LogP contribution in [0.4, 0.5) is 5.88 Å². The molecule has 0 bridgehead atoms. The minimum atomic E-state index is 0.201. The minimum absolute atomic E-state index is 0.201. The van der Waals surface area contributed by atoms with E-state index in [2.05, 4.69) is 5.16 Å². The fourth-order valence-electron chi connectivity index (χ4n) is 3.00. The van der Waals surface area contributed by atoms with E-state index in [0.717, 1.165) is 37.2 Å². The average molecular weight is 299 g/mol. The van der Waals surface area contributed by atoms with E-state index in [4.69, 9.17) is 10.3 Å². The van der Waals surface area contributed by atoms with Gasteiger partial charge in [0.05, 0.1) is 12.1 Å². The highest BCUT2D eigenvalue weighted by molar-refractivity contribution is 5.79. The highest BCUT2D eigenvalue weighted by Crippen LogP contribution is 2.28. The number of benzene rings is 1. The third-order valence-electron chi connectivity index (χ3n) is 4.42. The van der Waals surface area contributed by atoms with E-state index in [-0.39, 0.29) is 5.91 Å². The Bertz CT molecular complexity index is 657. The van der Waals surface area contributed by atoms with Crippen molar-refractivity contribution < 1.29 is 9.32 Å². The normalized spacial score (nSPS) is 16.0. The molecule has 22 heavy (non-hydrogen) atoms. The number of hydrogen-bond acceptors (Lipinski definition) is 4. The molecule has 2 N–H and O–H groups in total. The number of amides is 1. The topological polar surface area (TPSA) is 72.4 Å². The quantitative estimate of drug-likeness (QED) is 0.945. The van der Waals surface area contributed by atoms with Crippen molar-refractivity contribution in [2.45, 2.75) is 32.1 Å². The first kappa shape index (κ1) is 14.6. The zero-order chi connectivity index (χ0) is 15.5. The van der Waals surface area contributed by atoms with Gasteiger partial charge in [-0.25, -0.2) is 0 Å². The second kappa shape index (κ2) is 6.22. The Morgan fingerprint density at radius 1 is 1.36 bits per heavy atom. The Balaban J connectivity index is 1.57. The Labute approximate surface area is 130 Å². The van der Waals surface area contributed by atoms with Gasteiger partial charge in [-0.2, -0.15) is 0 Å². The summed E-state index contributed by atoms with van der Waals surface area (Å²) in [7, 11) is 0. The van der Waals surface area contributed by atoms with Crippen molar-refractivity contribution in [2.24, 2.45) is 0 Å². The molecule has 0 aliphatic carbocycles. The van der Waals surface area contributed by atoms with E-state index < -0.39 is 0 Å². The summed E-state index contributed by atoms with van der Waals surface area (Å²) in [5, 5.41) is 3.99. The Kier molecular flexibility index (Phi) is 4.13. The highest BCUT2D eigenvalue weighted by atomic mass is 16.5. The van der Waals surface area contributed by atoms with Crippen molar-refractivity contribution in [3.8, 4) is 0 Å². The lowest BCUT2D eigenvalue weighted by Crippen LogP contribution is -2.38. The molecule has 3 rings (SSSR count). The van der Waals surface area contributed by atoms with Crippen LogP contribution >= 0.6 is 0 Å². The number of nitrogens with zero attached hydrogens (tertiary/aromatic N) is 2. The summed E-state index contributed by atoms with van der Waals surface area (Å²) < 4.78 is 4.93. The molecule has 5 nitrogen and oxygen atoms in total. The standard InChI is InChI=1S/C17H21N3O2/c1-12-4-2-3-5-14(12)10-17(21)20-8-6-13(7-9-20)15-11-16(18)22-19-15/h2-5,11,13H,6-10,18H2,1H3. The maximum absolute atomic E-state index is 12.4. The summed E-state index contributed by atoms with van der Waals surface area (Å²) in [4.78, 5) is 14.4. The van der Waals surface area contributed by atoms with E-state index in [0.29, 0.717) is 18.2 Å². The number of likely N-dealkylation sites (tertiary alicyclic amines) is 1. The number of aromatic nitrogens is 1. The largest absolute Gasteiger partial charge is 0.368 e. The molecule has 1 aromatic carbocycles. The third kappa shape index (κ3) is 3.13. The van der Waals surface area contributed by atoms with Crippen LogP contribution in [0.2, 0.25) is 0 Å². The van der Waals surface area contributed by atoms with Crippen molar-refractivity contribution in [1.82, 2.24) is 10.1 Å². The molecule has 0 atom stereocenters. The van der Waals surface area contributed by atoms with Crippen molar-refractivity contribution in [1.29, 1.82) is 0 Å². The van der Waals surface area contributed by atoms with Crippen LogP contribution in [0.3, 0.4) is 0 Å². The number of anilines is 1. The number of carbonyl (C=O) groups excluding carboxylic acids is 1. The molecule has 1 aliphatic heterocycles. The van der Waals surface area contributed by atoms with Gasteiger partial charge >= 0.3 is 0 Å². The predicted molar refractivity (Wildman–Crippen MR) is 84.4 cm³/mol. The average Bonchev–Trinajstić information content (AvgIpc) is 2.96. The summed E-state index contributed by atoms with van der Waals surface area (Å²) in [6, 6.07) is 9.84. The lowest BCUT2D eigenvalue weighted by Gasteiger charge is -2.31. The van der Waals surface area contributed by atoms with Crippen LogP contribution in [0.5, 0.6) is 0 Å². The van der Waals surface area contributed by atoms with Crippen LogP contribution in [0.15, 0.2) is 34.9 Å². The van der Waals surface area contributed by atoms with E-state index in [1.165, 1.54) is 5.56 Å². The number of nitrogens with two attached hydrogens (primary N) is 1. The molecular weight excluding hydrogens is 278 g/mol. The molecule has 0 spiro atoms. The summed E-state index contributed by atoms with van der Waals surface area (Å²) in [6.45, 7) is 3.58. The first-order valence-corrected chi connectivity index (χ1v) is 7.68. The van der Waals surface area contributed by atoms with E-state index >= 15 is 0 Å². The van der Waals surface area contributed by atoms with Gasteiger partial charge in [-0.3, -0.25) is 4.79 Å². The predicted octanol–water partition coefficient (Wildman–Crippen LogP) is 2.51. The fourth-order valence-corrected chi connectivity index (χ4v) is 3.00. The van der Waals surface area contributed by atoms with Crippen molar-refractivity contribution in [2.75, 3.05) is 18.8 Å². The van der Waals surface area contributed by atoms with E-state index in [1.807, 2.05) is 36.1 Å². The van der Waals surface area contributed by atoms with E-state index in [1.54, 1.807) is 6.07 Å². The van der Waals surface area contributed by atoms with Gasteiger partial charge in [0.1, 0.15) is 0 Å². The third-order valence-corrected chi connectivity index (χ3v) is 4.42. The Morgan fingerprint density at radius 3 is 2.73 bits per heavy atom. The maximum atomic E-state index is 12.4. The van der Waals surface area contributed by atoms with Crippen LogP contribution < -0.4 is 5.73 Å². The molecular formula is C17H21N3O2. The first-order valence-electron chi connectivity index (χ1n) is 7.68. The zero-order valence-corrected chi connectivity index (χ0v) is 12.8. The Hall–Kier alpha value is -2.30. The number of aryl methyl sites for hydroxylation is 1. The summed E-state index contributed by atoms with van der Waals surface area (Å²) in [5.74, 6) is 0.893. The van der Waals surface area contributed by atoms with Gasteiger partial charge in [-0.05, 0) is 30.9 Å². The van der Waals surface area contributed by atoms with Crippen molar-refractivity contribution in [3.63, 3.8) is 0 Å². The SMILES string of the molecule is Cc1ccccc1CC(=O)N1CCC(c2cc(N)on2)CC1. The van der Waals surface area contributed by atoms with Gasteiger partial charge < -0.3 is 15.2 Å². The highest BCUT2D eigenvalue weighted by Gasteiger charge is 2.25. The molecule has 116 valence electrons. The number of piperidine rings is 1. The number of carbonyl (C=O) groups is 1. The molecule has 0 saturated carbocycles. The van der Waals surface area contributed by atoms with Crippen molar-refractivity contribution in [3.05, 3.63) is 47.2 Å². The molecule has 2 heterocycles. The van der Waals surface area contributed by atoms with Crippen LogP contribution in [0, 0.1) is 6.92 Å². The van der Waals surface area contributed by atoms with Crippen LogP contribution in [0.25, 0.3) is 0 Å². The number of rotatable bonds is 3. The van der Waals surface area contributed by atoms with Gasteiger partial charge in [-0.1, -0.05) is 29.4 Å². The Morgan fingerprint density at radius 2 is 2.09 bits per heavy atom. The van der Waals surface area contributed by atoms with Crippen molar-refractivity contribution >= 4 is 11.8 Å². The van der Waals surface area contributed by atoms with Gasteiger partial charge in [0.25, 0.3) is 0 Å². The zero-order valence-electron chi connectivity index (χ0n) is 12.8. The molecule has 5 heteroatoms. The van der Waals surface area contributed by atoms with Gasteiger partial charge in [-0.15, -0.1) is 0 Å². The molecule has 0 unspecified atom stereocenters. The van der Waals surface area contributed by atoms with Gasteiger partial charge in [0.2, 0.25) is 11.8 Å². The summed E-state index contributed by atoms with van der Waals surface area (Å²) >= 11 is 0. The summed E-state index contributed by atoms with van der Waals surface area (Å²) in [6.07, 6.45) is 2.30. The fraction of sp³-hybridized carbons (Fsp3) is 0.412. The monoisotopic (exact) mass is 299 g/mol. The molecule has 1 aromatic heterocycles. The lowest BCUT2D eigenvalue weighted by molar-refractivity contribution is -0.131. The molecule has 1 fully saturated rings.